The van der Waals surface area contributed by atoms with Crippen molar-refractivity contribution in [3.05, 3.63) is 21.9 Å². The lowest BCUT2D eigenvalue weighted by Gasteiger charge is -1.98. The molecule has 0 nitrogen and oxygen atoms in total. The lowest BCUT2D eigenvalue weighted by atomic mass is 10.2. The fourth-order valence-corrected chi connectivity index (χ4v) is 1.91. The molecule has 0 fully saturated rings. The number of hydrogen-bond donors (Lipinski definition) is 0. The molecule has 0 aliphatic rings. The Hall–Kier alpha value is -0.0100. The molecule has 0 radical (unpaired) electrons. The van der Waals surface area contributed by atoms with Crippen LogP contribution < -0.4 is 0 Å². The molecule has 50 valence electrons. The highest BCUT2D eigenvalue weighted by Crippen LogP contribution is 2.26. The van der Waals surface area contributed by atoms with Crippen molar-refractivity contribution < 1.29 is 0 Å². The summed E-state index contributed by atoms with van der Waals surface area (Å²) >= 11 is 7.60. The van der Waals surface area contributed by atoms with Crippen LogP contribution in [-0.2, 0) is 0 Å². The fraction of sp³-hybridized carbons (Fsp3) is 0.429. The normalized spacial score (nSPS) is 13.7. The zero-order valence-corrected chi connectivity index (χ0v) is 7.09. The van der Waals surface area contributed by atoms with Crippen LogP contribution in [0.25, 0.3) is 0 Å². The maximum Gasteiger partial charge on any atom is 0.0567 e. The average molecular weight is 161 g/mol. The summed E-state index contributed by atoms with van der Waals surface area (Å²) in [6.07, 6.45) is 0. The van der Waals surface area contributed by atoms with Gasteiger partial charge in [0.2, 0.25) is 0 Å². The Labute approximate surface area is 64.5 Å². The summed E-state index contributed by atoms with van der Waals surface area (Å²) in [6, 6.07) is 2.08. The molecule has 0 aromatic carbocycles. The minimum absolute atomic E-state index is 0.163. The van der Waals surface area contributed by atoms with E-state index < -0.39 is 0 Å². The summed E-state index contributed by atoms with van der Waals surface area (Å²) in [5, 5.41) is 2.24. The molecule has 0 saturated heterocycles. The monoisotopic (exact) mass is 160 g/mol. The SMILES string of the molecule is Cc1sccc1C(C)Cl. The number of alkyl halides is 1. The second kappa shape index (κ2) is 2.72. The largest absolute Gasteiger partial charge is 0.149 e. The van der Waals surface area contributed by atoms with Gasteiger partial charge in [0.1, 0.15) is 0 Å². The van der Waals surface area contributed by atoms with E-state index in [1.165, 1.54) is 10.4 Å². The minimum Gasteiger partial charge on any atom is -0.149 e. The zero-order valence-electron chi connectivity index (χ0n) is 5.52. The first-order valence-corrected chi connectivity index (χ1v) is 4.21. The van der Waals surface area contributed by atoms with Crippen LogP contribution in [0, 0.1) is 6.92 Å². The third kappa shape index (κ3) is 1.46. The molecule has 1 aromatic heterocycles. The van der Waals surface area contributed by atoms with Crippen molar-refractivity contribution in [2.24, 2.45) is 0 Å². The Morgan fingerprint density at radius 2 is 2.33 bits per heavy atom. The van der Waals surface area contributed by atoms with Crippen molar-refractivity contribution in [2.45, 2.75) is 19.2 Å². The van der Waals surface area contributed by atoms with E-state index in [1.807, 2.05) is 6.92 Å². The van der Waals surface area contributed by atoms with Gasteiger partial charge in [-0.25, -0.2) is 0 Å². The number of aryl methyl sites for hydroxylation is 1. The topological polar surface area (TPSA) is 0 Å². The van der Waals surface area contributed by atoms with Crippen molar-refractivity contribution in [1.29, 1.82) is 0 Å². The lowest BCUT2D eigenvalue weighted by molar-refractivity contribution is 1.08. The quantitative estimate of drug-likeness (QED) is 0.553. The number of rotatable bonds is 1. The van der Waals surface area contributed by atoms with Gasteiger partial charge in [-0.15, -0.1) is 22.9 Å². The molecule has 0 bridgehead atoms. The second-order valence-electron chi connectivity index (χ2n) is 2.05. The molecule has 1 atom stereocenters. The molecule has 0 aliphatic carbocycles. The van der Waals surface area contributed by atoms with Gasteiger partial charge >= 0.3 is 0 Å². The Morgan fingerprint density at radius 3 is 2.56 bits per heavy atom. The molecule has 0 N–H and O–H groups in total. The maximum atomic E-state index is 5.86. The smallest absolute Gasteiger partial charge is 0.0567 e. The van der Waals surface area contributed by atoms with Gasteiger partial charge in [0.15, 0.2) is 0 Å². The van der Waals surface area contributed by atoms with E-state index in [0.29, 0.717) is 0 Å². The average Bonchev–Trinajstić information content (AvgIpc) is 2.13. The van der Waals surface area contributed by atoms with Crippen LogP contribution in [0.2, 0.25) is 0 Å². The van der Waals surface area contributed by atoms with Gasteiger partial charge in [-0.05, 0) is 30.9 Å². The molecule has 0 amide bonds. The summed E-state index contributed by atoms with van der Waals surface area (Å²) in [4.78, 5) is 1.33. The molecule has 1 heterocycles. The van der Waals surface area contributed by atoms with Crippen molar-refractivity contribution >= 4 is 22.9 Å². The van der Waals surface area contributed by atoms with E-state index >= 15 is 0 Å². The van der Waals surface area contributed by atoms with Gasteiger partial charge in [-0.1, -0.05) is 0 Å². The van der Waals surface area contributed by atoms with Crippen molar-refractivity contribution in [3.63, 3.8) is 0 Å². The molecular weight excluding hydrogens is 152 g/mol. The molecule has 1 aromatic rings. The van der Waals surface area contributed by atoms with Crippen molar-refractivity contribution in [1.82, 2.24) is 0 Å². The molecule has 9 heavy (non-hydrogen) atoms. The van der Waals surface area contributed by atoms with Crippen molar-refractivity contribution in [2.75, 3.05) is 0 Å². The Balaban J connectivity index is 2.94. The molecule has 1 unspecified atom stereocenters. The van der Waals surface area contributed by atoms with Crippen LogP contribution in [0.15, 0.2) is 11.4 Å². The highest BCUT2D eigenvalue weighted by Gasteiger charge is 2.03. The van der Waals surface area contributed by atoms with E-state index in [9.17, 15) is 0 Å². The van der Waals surface area contributed by atoms with E-state index in [4.69, 9.17) is 11.6 Å². The Bertz CT molecular complexity index is 191. The number of halogens is 1. The first kappa shape index (κ1) is 7.10. The van der Waals surface area contributed by atoms with Gasteiger partial charge < -0.3 is 0 Å². The predicted octanol–water partition coefficient (Wildman–Crippen LogP) is 3.36. The highest BCUT2D eigenvalue weighted by atomic mass is 35.5. The third-order valence-electron chi connectivity index (χ3n) is 1.33. The first-order valence-electron chi connectivity index (χ1n) is 2.90. The molecule has 0 aliphatic heterocycles. The van der Waals surface area contributed by atoms with Crippen LogP contribution in [-0.4, -0.2) is 0 Å². The summed E-state index contributed by atoms with van der Waals surface area (Å²) < 4.78 is 0. The summed E-state index contributed by atoms with van der Waals surface area (Å²) in [5.41, 5.74) is 1.27. The molecule has 1 rings (SSSR count). The first-order chi connectivity index (χ1) is 4.22. The van der Waals surface area contributed by atoms with E-state index in [1.54, 1.807) is 11.3 Å². The van der Waals surface area contributed by atoms with Crippen LogP contribution in [0.1, 0.15) is 22.7 Å². The molecule has 0 spiro atoms. The second-order valence-corrected chi connectivity index (χ2v) is 3.82. The van der Waals surface area contributed by atoms with Crippen LogP contribution in [0.4, 0.5) is 0 Å². The van der Waals surface area contributed by atoms with Gasteiger partial charge in [-0.3, -0.25) is 0 Å². The van der Waals surface area contributed by atoms with Gasteiger partial charge in [0.05, 0.1) is 5.38 Å². The minimum atomic E-state index is 0.163. The molecule has 2 heteroatoms. The molecule has 0 saturated carbocycles. The van der Waals surface area contributed by atoms with Crippen LogP contribution in [0.5, 0.6) is 0 Å². The standard InChI is InChI=1S/C7H9ClS/c1-5(8)7-3-4-9-6(7)2/h3-5H,1-2H3. The van der Waals surface area contributed by atoms with Gasteiger partial charge in [0, 0.05) is 4.88 Å². The van der Waals surface area contributed by atoms with E-state index in [2.05, 4.69) is 18.4 Å². The Morgan fingerprint density at radius 1 is 1.67 bits per heavy atom. The maximum absolute atomic E-state index is 5.86. The zero-order chi connectivity index (χ0) is 6.85. The van der Waals surface area contributed by atoms with Gasteiger partial charge in [0.25, 0.3) is 0 Å². The predicted molar refractivity (Wildman–Crippen MR) is 43.3 cm³/mol. The number of hydrogen-bond acceptors (Lipinski definition) is 1. The fourth-order valence-electron chi connectivity index (χ4n) is 0.807. The lowest BCUT2D eigenvalue weighted by Crippen LogP contribution is -1.80. The van der Waals surface area contributed by atoms with E-state index in [-0.39, 0.29) is 5.38 Å². The summed E-state index contributed by atoms with van der Waals surface area (Å²) in [7, 11) is 0. The Kier molecular flexibility index (Phi) is 2.14. The highest BCUT2D eigenvalue weighted by molar-refractivity contribution is 7.10. The summed E-state index contributed by atoms with van der Waals surface area (Å²) in [5.74, 6) is 0. The van der Waals surface area contributed by atoms with Crippen LogP contribution >= 0.6 is 22.9 Å². The van der Waals surface area contributed by atoms with Gasteiger partial charge in [-0.2, -0.15) is 0 Å². The van der Waals surface area contributed by atoms with Crippen molar-refractivity contribution in [3.8, 4) is 0 Å². The number of thiophene rings is 1. The third-order valence-corrected chi connectivity index (χ3v) is 2.42. The van der Waals surface area contributed by atoms with Crippen LogP contribution in [0.3, 0.4) is 0 Å². The summed E-state index contributed by atoms with van der Waals surface area (Å²) in [6.45, 7) is 4.09. The van der Waals surface area contributed by atoms with E-state index in [0.717, 1.165) is 0 Å². The molecular formula is C7H9ClS.